The van der Waals surface area contributed by atoms with Gasteiger partial charge in [0.15, 0.2) is 5.96 Å². The standard InChI is InChI=1S/C21H35N3O2.HI/c1-22-21(24-15-9-16-25-18-20-13-8-17-26-20)23-14-7-3-6-12-19-10-4-2-5-11-19;/h2,4-5,10-11,20H,3,6-9,12-18H2,1H3,(H2,22,23,24);1H. The number of nitrogens with one attached hydrogen (secondary N) is 2. The van der Waals surface area contributed by atoms with E-state index in [-0.39, 0.29) is 24.0 Å². The third-order valence-corrected chi connectivity index (χ3v) is 4.59. The minimum atomic E-state index is 0. The van der Waals surface area contributed by atoms with Crippen LogP contribution in [0.5, 0.6) is 0 Å². The lowest BCUT2D eigenvalue weighted by atomic mass is 10.1. The van der Waals surface area contributed by atoms with Crippen LogP contribution in [0.3, 0.4) is 0 Å². The summed E-state index contributed by atoms with van der Waals surface area (Å²) in [6.45, 7) is 4.23. The van der Waals surface area contributed by atoms with Crippen LogP contribution in [0.4, 0.5) is 0 Å². The summed E-state index contributed by atoms with van der Waals surface area (Å²) in [5, 5.41) is 6.72. The summed E-state index contributed by atoms with van der Waals surface area (Å²) >= 11 is 0. The van der Waals surface area contributed by atoms with E-state index >= 15 is 0 Å². The Bertz CT molecular complexity index is 493. The summed E-state index contributed by atoms with van der Waals surface area (Å²) in [5.41, 5.74) is 1.43. The maximum atomic E-state index is 5.67. The highest BCUT2D eigenvalue weighted by Crippen LogP contribution is 2.11. The molecule has 0 spiro atoms. The Balaban J connectivity index is 0.00000364. The molecule has 2 rings (SSSR count). The lowest BCUT2D eigenvalue weighted by Crippen LogP contribution is -2.38. The quantitative estimate of drug-likeness (QED) is 0.203. The molecule has 1 saturated heterocycles. The molecular weight excluding hydrogens is 453 g/mol. The van der Waals surface area contributed by atoms with Crippen molar-refractivity contribution in [3.8, 4) is 0 Å². The normalized spacial score (nSPS) is 16.8. The number of hydrogen-bond donors (Lipinski definition) is 2. The van der Waals surface area contributed by atoms with Gasteiger partial charge in [-0.2, -0.15) is 0 Å². The monoisotopic (exact) mass is 489 g/mol. The van der Waals surface area contributed by atoms with Gasteiger partial charge < -0.3 is 20.1 Å². The molecule has 0 radical (unpaired) electrons. The van der Waals surface area contributed by atoms with E-state index in [1.807, 2.05) is 7.05 Å². The minimum absolute atomic E-state index is 0. The Kier molecular flexibility index (Phi) is 14.4. The summed E-state index contributed by atoms with van der Waals surface area (Å²) in [6, 6.07) is 10.7. The third-order valence-electron chi connectivity index (χ3n) is 4.59. The average molecular weight is 489 g/mol. The number of ether oxygens (including phenoxy) is 2. The maximum Gasteiger partial charge on any atom is 0.190 e. The second-order valence-corrected chi connectivity index (χ2v) is 6.79. The van der Waals surface area contributed by atoms with E-state index in [1.165, 1.54) is 31.2 Å². The van der Waals surface area contributed by atoms with Crippen molar-refractivity contribution in [1.82, 2.24) is 10.6 Å². The zero-order valence-electron chi connectivity index (χ0n) is 16.6. The second kappa shape index (κ2) is 16.1. The number of halogens is 1. The lowest BCUT2D eigenvalue weighted by Gasteiger charge is -2.13. The van der Waals surface area contributed by atoms with E-state index in [0.717, 1.165) is 58.1 Å². The van der Waals surface area contributed by atoms with Crippen LogP contribution in [-0.2, 0) is 15.9 Å². The SMILES string of the molecule is CN=C(NCCCCCc1ccccc1)NCCCOCC1CCCO1.I. The van der Waals surface area contributed by atoms with Crippen molar-refractivity contribution in [2.24, 2.45) is 4.99 Å². The van der Waals surface area contributed by atoms with Gasteiger partial charge in [0.1, 0.15) is 0 Å². The number of nitrogens with zero attached hydrogens (tertiary/aromatic N) is 1. The molecule has 1 unspecified atom stereocenters. The number of guanidine groups is 1. The Hall–Kier alpha value is -0.860. The summed E-state index contributed by atoms with van der Waals surface area (Å²) in [5.74, 6) is 0.882. The van der Waals surface area contributed by atoms with Gasteiger partial charge in [0.05, 0.1) is 12.7 Å². The Morgan fingerprint density at radius 3 is 2.59 bits per heavy atom. The van der Waals surface area contributed by atoms with E-state index < -0.39 is 0 Å². The molecule has 6 heteroatoms. The molecule has 1 aromatic rings. The molecule has 1 fully saturated rings. The molecule has 1 aliphatic heterocycles. The van der Waals surface area contributed by atoms with E-state index in [0.29, 0.717) is 6.10 Å². The Labute approximate surface area is 181 Å². The molecule has 0 aliphatic carbocycles. The predicted octanol–water partition coefficient (Wildman–Crippen LogP) is 3.77. The molecule has 1 atom stereocenters. The average Bonchev–Trinajstić information content (AvgIpc) is 3.19. The van der Waals surface area contributed by atoms with Crippen molar-refractivity contribution in [1.29, 1.82) is 0 Å². The highest BCUT2D eigenvalue weighted by Gasteiger charge is 2.14. The molecule has 1 aromatic carbocycles. The van der Waals surface area contributed by atoms with Crippen molar-refractivity contribution in [2.75, 3.05) is 40.0 Å². The molecule has 2 N–H and O–H groups in total. The highest BCUT2D eigenvalue weighted by molar-refractivity contribution is 14.0. The van der Waals surface area contributed by atoms with E-state index in [4.69, 9.17) is 9.47 Å². The number of hydrogen-bond acceptors (Lipinski definition) is 3. The van der Waals surface area contributed by atoms with Gasteiger partial charge in [0.25, 0.3) is 0 Å². The Morgan fingerprint density at radius 1 is 1.11 bits per heavy atom. The first-order chi connectivity index (χ1) is 12.9. The van der Waals surface area contributed by atoms with Crippen LogP contribution in [0, 0.1) is 0 Å². The van der Waals surface area contributed by atoms with Crippen molar-refractivity contribution >= 4 is 29.9 Å². The fourth-order valence-corrected chi connectivity index (χ4v) is 3.07. The largest absolute Gasteiger partial charge is 0.379 e. The van der Waals surface area contributed by atoms with Crippen LogP contribution in [0.25, 0.3) is 0 Å². The van der Waals surface area contributed by atoms with Crippen LogP contribution in [-0.4, -0.2) is 52.0 Å². The van der Waals surface area contributed by atoms with Crippen molar-refractivity contribution in [3.63, 3.8) is 0 Å². The first-order valence-electron chi connectivity index (χ1n) is 10.1. The van der Waals surface area contributed by atoms with Gasteiger partial charge in [-0.3, -0.25) is 4.99 Å². The van der Waals surface area contributed by atoms with Crippen LogP contribution in [0.2, 0.25) is 0 Å². The summed E-state index contributed by atoms with van der Waals surface area (Å²) in [7, 11) is 1.82. The van der Waals surface area contributed by atoms with E-state index in [2.05, 4.69) is 46.0 Å². The third kappa shape index (κ3) is 11.5. The molecule has 0 aromatic heterocycles. The molecule has 154 valence electrons. The Morgan fingerprint density at radius 2 is 1.89 bits per heavy atom. The van der Waals surface area contributed by atoms with Gasteiger partial charge in [-0.25, -0.2) is 0 Å². The maximum absolute atomic E-state index is 5.67. The number of aliphatic imine (C=N–C) groups is 1. The molecule has 0 amide bonds. The fourth-order valence-electron chi connectivity index (χ4n) is 3.07. The highest BCUT2D eigenvalue weighted by atomic mass is 127. The van der Waals surface area contributed by atoms with Crippen molar-refractivity contribution < 1.29 is 9.47 Å². The number of unbranched alkanes of at least 4 members (excludes halogenated alkanes) is 2. The van der Waals surface area contributed by atoms with Gasteiger partial charge in [0, 0.05) is 33.4 Å². The van der Waals surface area contributed by atoms with Crippen LogP contribution < -0.4 is 10.6 Å². The first kappa shape index (κ1) is 24.2. The van der Waals surface area contributed by atoms with Gasteiger partial charge in [0.2, 0.25) is 0 Å². The molecule has 1 aliphatic rings. The summed E-state index contributed by atoms with van der Waals surface area (Å²) < 4.78 is 11.2. The molecular formula is C21H36IN3O2. The van der Waals surface area contributed by atoms with Gasteiger partial charge >= 0.3 is 0 Å². The van der Waals surface area contributed by atoms with Crippen LogP contribution in [0.15, 0.2) is 35.3 Å². The lowest BCUT2D eigenvalue weighted by molar-refractivity contribution is 0.0168. The first-order valence-corrected chi connectivity index (χ1v) is 10.1. The van der Waals surface area contributed by atoms with Gasteiger partial charge in [-0.05, 0) is 44.1 Å². The van der Waals surface area contributed by atoms with Gasteiger partial charge in [-0.1, -0.05) is 36.8 Å². The van der Waals surface area contributed by atoms with Gasteiger partial charge in [-0.15, -0.1) is 24.0 Å². The van der Waals surface area contributed by atoms with Crippen molar-refractivity contribution in [2.45, 2.75) is 51.0 Å². The summed E-state index contributed by atoms with van der Waals surface area (Å²) in [4.78, 5) is 4.27. The topological polar surface area (TPSA) is 54.9 Å². The molecule has 1 heterocycles. The second-order valence-electron chi connectivity index (χ2n) is 6.79. The zero-order valence-corrected chi connectivity index (χ0v) is 19.0. The van der Waals surface area contributed by atoms with Crippen LogP contribution >= 0.6 is 24.0 Å². The zero-order chi connectivity index (χ0) is 18.3. The number of rotatable bonds is 12. The van der Waals surface area contributed by atoms with Crippen molar-refractivity contribution in [3.05, 3.63) is 35.9 Å². The van der Waals surface area contributed by atoms with Crippen LogP contribution in [0.1, 0.15) is 44.1 Å². The summed E-state index contributed by atoms with van der Waals surface area (Å²) in [6.07, 6.45) is 8.40. The van der Waals surface area contributed by atoms with E-state index in [9.17, 15) is 0 Å². The molecule has 0 bridgehead atoms. The minimum Gasteiger partial charge on any atom is -0.379 e. The molecule has 5 nitrogen and oxygen atoms in total. The smallest absolute Gasteiger partial charge is 0.190 e. The molecule has 0 saturated carbocycles. The molecule has 27 heavy (non-hydrogen) atoms. The number of benzene rings is 1. The fraction of sp³-hybridized carbons (Fsp3) is 0.667. The predicted molar refractivity (Wildman–Crippen MR) is 123 cm³/mol. The van der Waals surface area contributed by atoms with E-state index in [1.54, 1.807) is 0 Å². The number of aryl methyl sites for hydroxylation is 1.